The summed E-state index contributed by atoms with van der Waals surface area (Å²) in [4.78, 5) is 20.2. The van der Waals surface area contributed by atoms with Crippen LogP contribution in [0.25, 0.3) is 0 Å². The van der Waals surface area contributed by atoms with Crippen LogP contribution in [0.15, 0.2) is 11.2 Å². The topological polar surface area (TPSA) is 89.0 Å². The lowest BCUT2D eigenvalue weighted by atomic mass is 10.4. The molecule has 0 aliphatic carbocycles. The van der Waals surface area contributed by atoms with E-state index in [1.54, 1.807) is 13.0 Å². The monoisotopic (exact) mass is 330 g/mol. The number of aromatic nitrogens is 2. The lowest BCUT2D eigenvalue weighted by Crippen LogP contribution is -2.30. The third-order valence-electron chi connectivity index (χ3n) is 2.72. The standard InChI is InChI=1S/C13H18N2O6S/c1-4-19-11(16)8-13(20-5-6-21-13)22-12-14-9(17-2)7-10(15-12)18-3/h7H,4-6,8H2,1-3H3. The van der Waals surface area contributed by atoms with Crippen LogP contribution in [0.2, 0.25) is 0 Å². The van der Waals surface area contributed by atoms with Gasteiger partial charge in [0.25, 0.3) is 0 Å². The van der Waals surface area contributed by atoms with Crippen molar-refractivity contribution in [1.82, 2.24) is 9.97 Å². The van der Waals surface area contributed by atoms with Crippen molar-refractivity contribution in [3.63, 3.8) is 0 Å². The molecule has 0 aromatic carbocycles. The SMILES string of the molecule is CCOC(=O)CC1(Sc2nc(OC)cc(OC)n2)OCCO1. The van der Waals surface area contributed by atoms with Gasteiger partial charge in [0.15, 0.2) is 5.16 Å². The molecule has 0 unspecified atom stereocenters. The number of rotatable bonds is 7. The fourth-order valence-electron chi connectivity index (χ4n) is 1.80. The van der Waals surface area contributed by atoms with Crippen molar-refractivity contribution >= 4 is 17.7 Å². The number of carbonyl (C=O) groups excluding carboxylic acids is 1. The summed E-state index contributed by atoms with van der Waals surface area (Å²) in [6.07, 6.45) is -0.0611. The zero-order valence-electron chi connectivity index (χ0n) is 12.7. The Hall–Kier alpha value is -1.58. The van der Waals surface area contributed by atoms with Crippen LogP contribution in [0.5, 0.6) is 11.8 Å². The summed E-state index contributed by atoms with van der Waals surface area (Å²) in [5.41, 5.74) is 0. The normalized spacial score (nSPS) is 16.3. The van der Waals surface area contributed by atoms with Crippen LogP contribution < -0.4 is 9.47 Å². The number of ether oxygens (including phenoxy) is 5. The van der Waals surface area contributed by atoms with Gasteiger partial charge in [0.05, 0.1) is 40.1 Å². The van der Waals surface area contributed by atoms with E-state index in [4.69, 9.17) is 23.7 Å². The Morgan fingerprint density at radius 3 is 2.36 bits per heavy atom. The smallest absolute Gasteiger partial charge is 0.312 e. The van der Waals surface area contributed by atoms with Crippen molar-refractivity contribution in [2.75, 3.05) is 34.0 Å². The zero-order valence-corrected chi connectivity index (χ0v) is 13.5. The van der Waals surface area contributed by atoms with Gasteiger partial charge in [-0.25, -0.2) is 0 Å². The van der Waals surface area contributed by atoms with E-state index >= 15 is 0 Å². The molecule has 1 aliphatic heterocycles. The van der Waals surface area contributed by atoms with Gasteiger partial charge >= 0.3 is 5.97 Å². The fourth-order valence-corrected chi connectivity index (χ4v) is 2.82. The first kappa shape index (κ1) is 16.8. The Morgan fingerprint density at radius 1 is 1.27 bits per heavy atom. The summed E-state index contributed by atoms with van der Waals surface area (Å²) in [6.45, 7) is 2.80. The van der Waals surface area contributed by atoms with Gasteiger partial charge in [0, 0.05) is 0 Å². The third kappa shape index (κ3) is 4.21. The molecule has 1 fully saturated rings. The highest BCUT2D eigenvalue weighted by molar-refractivity contribution is 8.00. The molecule has 1 saturated heterocycles. The summed E-state index contributed by atoms with van der Waals surface area (Å²) in [5.74, 6) is 0.282. The molecule has 22 heavy (non-hydrogen) atoms. The fraction of sp³-hybridized carbons (Fsp3) is 0.615. The van der Waals surface area contributed by atoms with E-state index in [0.29, 0.717) is 36.7 Å². The molecule has 0 bridgehead atoms. The van der Waals surface area contributed by atoms with Crippen LogP contribution in [0.3, 0.4) is 0 Å². The first-order valence-corrected chi connectivity index (χ1v) is 7.52. The summed E-state index contributed by atoms with van der Waals surface area (Å²) in [6, 6.07) is 1.55. The summed E-state index contributed by atoms with van der Waals surface area (Å²) in [7, 11) is 2.99. The summed E-state index contributed by atoms with van der Waals surface area (Å²) in [5, 5.41) is -0.869. The second-order valence-electron chi connectivity index (χ2n) is 4.20. The Morgan fingerprint density at radius 2 is 1.86 bits per heavy atom. The Labute approximate surface area is 132 Å². The molecular formula is C13H18N2O6S. The highest BCUT2D eigenvalue weighted by atomic mass is 32.2. The highest BCUT2D eigenvalue weighted by Gasteiger charge is 2.42. The molecule has 0 spiro atoms. The molecule has 0 radical (unpaired) electrons. The van der Waals surface area contributed by atoms with Crippen molar-refractivity contribution in [1.29, 1.82) is 0 Å². The average molecular weight is 330 g/mol. The quantitative estimate of drug-likeness (QED) is 0.541. The van der Waals surface area contributed by atoms with E-state index in [0.717, 1.165) is 11.8 Å². The first-order chi connectivity index (χ1) is 10.6. The lowest BCUT2D eigenvalue weighted by Gasteiger charge is -2.24. The minimum Gasteiger partial charge on any atom is -0.481 e. The summed E-state index contributed by atoms with van der Waals surface area (Å²) >= 11 is 1.08. The van der Waals surface area contributed by atoms with Crippen molar-refractivity contribution in [3.05, 3.63) is 6.07 Å². The molecule has 8 nitrogen and oxygen atoms in total. The van der Waals surface area contributed by atoms with Crippen LogP contribution in [-0.4, -0.2) is 55.1 Å². The average Bonchev–Trinajstić information content (AvgIpc) is 2.94. The Balaban J connectivity index is 2.18. The van der Waals surface area contributed by atoms with E-state index in [-0.39, 0.29) is 6.42 Å². The van der Waals surface area contributed by atoms with Crippen molar-refractivity contribution in [2.45, 2.75) is 23.6 Å². The number of thioether (sulfide) groups is 1. The molecule has 1 aromatic rings. The van der Waals surface area contributed by atoms with Crippen LogP contribution in [0.4, 0.5) is 0 Å². The number of esters is 1. The van der Waals surface area contributed by atoms with Gasteiger partial charge in [-0.3, -0.25) is 4.79 Å². The predicted molar refractivity (Wildman–Crippen MR) is 76.9 cm³/mol. The minimum atomic E-state index is -1.19. The molecule has 0 atom stereocenters. The molecule has 0 saturated carbocycles. The van der Waals surface area contributed by atoms with E-state index in [1.165, 1.54) is 14.2 Å². The van der Waals surface area contributed by atoms with Crippen molar-refractivity contribution < 1.29 is 28.5 Å². The molecular weight excluding hydrogens is 312 g/mol. The Kier molecular flexibility index (Phi) is 5.81. The highest BCUT2D eigenvalue weighted by Crippen LogP contribution is 2.40. The third-order valence-corrected chi connectivity index (χ3v) is 3.77. The molecule has 122 valence electrons. The molecule has 1 aliphatic rings. The minimum absolute atomic E-state index is 0.0611. The van der Waals surface area contributed by atoms with Crippen molar-refractivity contribution in [2.24, 2.45) is 0 Å². The molecule has 2 rings (SSSR count). The maximum Gasteiger partial charge on any atom is 0.312 e. The van der Waals surface area contributed by atoms with Gasteiger partial charge in [0.2, 0.25) is 16.9 Å². The zero-order chi connectivity index (χ0) is 16.0. The van der Waals surface area contributed by atoms with Crippen LogP contribution in [0, 0.1) is 0 Å². The van der Waals surface area contributed by atoms with Gasteiger partial charge in [-0.2, -0.15) is 9.97 Å². The van der Waals surface area contributed by atoms with Crippen LogP contribution >= 0.6 is 11.8 Å². The predicted octanol–water partition coefficient (Wildman–Crippen LogP) is 1.24. The van der Waals surface area contributed by atoms with E-state index < -0.39 is 11.1 Å². The van der Waals surface area contributed by atoms with Gasteiger partial charge in [-0.1, -0.05) is 0 Å². The van der Waals surface area contributed by atoms with Crippen LogP contribution in [0.1, 0.15) is 13.3 Å². The van der Waals surface area contributed by atoms with E-state index in [9.17, 15) is 4.79 Å². The van der Waals surface area contributed by atoms with Gasteiger partial charge in [0.1, 0.15) is 6.42 Å². The van der Waals surface area contributed by atoms with Gasteiger partial charge in [-0.15, -0.1) is 0 Å². The van der Waals surface area contributed by atoms with E-state index in [2.05, 4.69) is 9.97 Å². The van der Waals surface area contributed by atoms with E-state index in [1.807, 2.05) is 0 Å². The number of hydrogen-bond donors (Lipinski definition) is 0. The number of nitrogens with zero attached hydrogens (tertiary/aromatic N) is 2. The lowest BCUT2D eigenvalue weighted by molar-refractivity contribution is -0.155. The second kappa shape index (κ2) is 7.61. The summed E-state index contributed by atoms with van der Waals surface area (Å²) < 4.78 is 26.3. The number of hydrogen-bond acceptors (Lipinski definition) is 9. The van der Waals surface area contributed by atoms with Gasteiger partial charge < -0.3 is 23.7 Å². The molecule has 9 heteroatoms. The first-order valence-electron chi connectivity index (χ1n) is 6.70. The number of carbonyl (C=O) groups is 1. The molecule has 2 heterocycles. The maximum absolute atomic E-state index is 11.8. The maximum atomic E-state index is 11.8. The Bertz CT molecular complexity index is 499. The molecule has 0 N–H and O–H groups in total. The molecule has 0 amide bonds. The second-order valence-corrected chi connectivity index (χ2v) is 5.39. The number of methoxy groups -OCH3 is 2. The van der Waals surface area contributed by atoms with Gasteiger partial charge in [-0.05, 0) is 18.7 Å². The molecule has 1 aromatic heterocycles. The largest absolute Gasteiger partial charge is 0.481 e. The van der Waals surface area contributed by atoms with Crippen LogP contribution in [-0.2, 0) is 19.0 Å². The van der Waals surface area contributed by atoms with Crippen molar-refractivity contribution in [3.8, 4) is 11.8 Å².